The first-order valence-corrected chi connectivity index (χ1v) is 8.98. The number of morpholine rings is 1. The first kappa shape index (κ1) is 19.3. The van der Waals surface area contributed by atoms with Gasteiger partial charge in [-0.2, -0.15) is 0 Å². The molecule has 0 saturated carbocycles. The van der Waals surface area contributed by atoms with Crippen LogP contribution in [0.5, 0.6) is 0 Å². The zero-order valence-electron chi connectivity index (χ0n) is 14.9. The van der Waals surface area contributed by atoms with Gasteiger partial charge in [0.1, 0.15) is 5.58 Å². The fourth-order valence-corrected chi connectivity index (χ4v) is 3.72. The van der Waals surface area contributed by atoms with Gasteiger partial charge in [0.15, 0.2) is 5.76 Å². The lowest BCUT2D eigenvalue weighted by Gasteiger charge is -2.34. The number of aliphatic hydroxyl groups is 1. The van der Waals surface area contributed by atoms with E-state index in [1.54, 1.807) is 6.07 Å². The average molecular weight is 376 g/mol. The Morgan fingerprint density at radius 3 is 2.85 bits per heavy atom. The summed E-state index contributed by atoms with van der Waals surface area (Å²) in [6.07, 6.45) is 1.65. The van der Waals surface area contributed by atoms with Crippen LogP contribution in [0.2, 0.25) is 0 Å². The Kier molecular flexibility index (Phi) is 6.44. The molecule has 2 fully saturated rings. The van der Waals surface area contributed by atoms with Gasteiger partial charge in [-0.05, 0) is 25.0 Å². The van der Waals surface area contributed by atoms with Crippen molar-refractivity contribution in [3.63, 3.8) is 0 Å². The van der Waals surface area contributed by atoms with Gasteiger partial charge in [-0.25, -0.2) is 0 Å². The van der Waals surface area contributed by atoms with Crippen LogP contribution in [0, 0.1) is 0 Å². The highest BCUT2D eigenvalue weighted by molar-refractivity contribution is 5.96. The van der Waals surface area contributed by atoms with E-state index in [9.17, 15) is 4.79 Å². The van der Waals surface area contributed by atoms with Crippen LogP contribution in [0.1, 0.15) is 23.4 Å². The van der Waals surface area contributed by atoms with Gasteiger partial charge in [0.05, 0.1) is 12.7 Å². The summed E-state index contributed by atoms with van der Waals surface area (Å²) >= 11 is 0. The maximum Gasteiger partial charge on any atom is 0.290 e. The molecular formula is C19H24N2O6. The molecule has 0 spiro atoms. The monoisotopic (exact) mass is 376 g/mol. The number of carbonyl (C=O) groups excluding carboxylic acids is 1. The molecule has 8 heteroatoms. The number of amides is 1. The molecule has 2 aliphatic heterocycles. The van der Waals surface area contributed by atoms with Crippen LogP contribution in [-0.2, 0) is 9.53 Å². The Morgan fingerprint density at radius 1 is 1.33 bits per heavy atom. The zero-order valence-corrected chi connectivity index (χ0v) is 14.9. The van der Waals surface area contributed by atoms with Crippen molar-refractivity contribution in [3.8, 4) is 0 Å². The summed E-state index contributed by atoms with van der Waals surface area (Å²) < 4.78 is 11.4. The topological polar surface area (TPSA) is 112 Å². The molecule has 1 aromatic heterocycles. The molecule has 3 atom stereocenters. The van der Waals surface area contributed by atoms with Crippen LogP contribution in [0.25, 0.3) is 11.0 Å². The number of benzene rings is 1. The van der Waals surface area contributed by atoms with Gasteiger partial charge < -0.3 is 24.7 Å². The van der Waals surface area contributed by atoms with Crippen LogP contribution in [0.4, 0.5) is 0 Å². The molecule has 146 valence electrons. The minimum absolute atomic E-state index is 0.0936. The maximum atomic E-state index is 12.5. The van der Waals surface area contributed by atoms with Crippen LogP contribution >= 0.6 is 0 Å². The average Bonchev–Trinajstić information content (AvgIpc) is 3.25. The minimum atomic E-state index is -0.250. The van der Waals surface area contributed by atoms with E-state index < -0.39 is 0 Å². The summed E-state index contributed by atoms with van der Waals surface area (Å²) in [4.78, 5) is 23.2. The highest BCUT2D eigenvalue weighted by Crippen LogP contribution is 2.25. The Hall–Kier alpha value is -2.42. The number of hydrogen-bond donors (Lipinski definition) is 3. The highest BCUT2D eigenvalue weighted by atomic mass is 16.5. The molecular weight excluding hydrogens is 352 g/mol. The van der Waals surface area contributed by atoms with E-state index in [0.717, 1.165) is 30.5 Å². The van der Waals surface area contributed by atoms with Crippen molar-refractivity contribution in [2.75, 3.05) is 26.3 Å². The number of fused-ring (bicyclic) bond motifs is 2. The van der Waals surface area contributed by atoms with Crippen molar-refractivity contribution in [3.05, 3.63) is 36.1 Å². The maximum absolute atomic E-state index is 12.5. The molecule has 0 bridgehead atoms. The molecule has 2 aromatic rings. The van der Waals surface area contributed by atoms with E-state index in [-0.39, 0.29) is 31.1 Å². The summed E-state index contributed by atoms with van der Waals surface area (Å²) in [7, 11) is 0. The fourth-order valence-electron chi connectivity index (χ4n) is 3.72. The second-order valence-electron chi connectivity index (χ2n) is 6.74. The van der Waals surface area contributed by atoms with Crippen LogP contribution in [0.15, 0.2) is 34.7 Å². The number of furan rings is 1. The molecule has 1 aromatic carbocycles. The fraction of sp³-hybridized carbons (Fsp3) is 0.474. The normalized spacial score (nSPS) is 24.7. The third kappa shape index (κ3) is 4.65. The summed E-state index contributed by atoms with van der Waals surface area (Å²) in [5.74, 6) is 0.194. The molecule has 27 heavy (non-hydrogen) atoms. The standard InChI is InChI=1S/C18H22N2O4.CH2O2/c21-6-5-15-10-20-9-13(8-14(20)11-23-15)19-18(22)17-7-12-3-1-2-4-16(12)24-17;2-1-3/h1-4,7,13-15,21H,5-6,8-11H2,(H,19,22);1H,(H,2,3)/t13-,14+,15+;/m1./s1. The second kappa shape index (κ2) is 8.98. The number of rotatable bonds is 4. The van der Waals surface area contributed by atoms with E-state index in [4.69, 9.17) is 24.2 Å². The first-order valence-electron chi connectivity index (χ1n) is 8.98. The molecule has 1 amide bonds. The number of ether oxygens (including phenoxy) is 1. The first-order chi connectivity index (χ1) is 13.1. The molecule has 0 aliphatic carbocycles. The lowest BCUT2D eigenvalue weighted by molar-refractivity contribution is -0.122. The number of nitrogens with one attached hydrogen (secondary N) is 1. The number of para-hydroxylation sites is 1. The van der Waals surface area contributed by atoms with E-state index >= 15 is 0 Å². The van der Waals surface area contributed by atoms with E-state index in [2.05, 4.69) is 10.2 Å². The van der Waals surface area contributed by atoms with Crippen molar-refractivity contribution in [2.45, 2.75) is 31.0 Å². The summed E-state index contributed by atoms with van der Waals surface area (Å²) in [6, 6.07) is 9.86. The number of carboxylic acid groups (broad SMARTS) is 1. The Morgan fingerprint density at radius 2 is 2.11 bits per heavy atom. The quantitative estimate of drug-likeness (QED) is 0.685. The highest BCUT2D eigenvalue weighted by Gasteiger charge is 2.37. The molecule has 0 unspecified atom stereocenters. The van der Waals surface area contributed by atoms with Gasteiger partial charge in [0.2, 0.25) is 0 Å². The van der Waals surface area contributed by atoms with Gasteiger partial charge in [-0.3, -0.25) is 14.5 Å². The SMILES string of the molecule is O=C(N[C@@H]1C[C@H]2CO[C@@H](CCO)CN2C1)c1cc2ccccc2o1.O=CO. The van der Waals surface area contributed by atoms with E-state index in [0.29, 0.717) is 24.8 Å². The molecule has 2 saturated heterocycles. The van der Waals surface area contributed by atoms with Crippen LogP contribution < -0.4 is 5.32 Å². The minimum Gasteiger partial charge on any atom is -0.483 e. The predicted octanol–water partition coefficient (Wildman–Crippen LogP) is 1.09. The predicted molar refractivity (Wildman–Crippen MR) is 97.6 cm³/mol. The van der Waals surface area contributed by atoms with Crippen molar-refractivity contribution in [2.24, 2.45) is 0 Å². The Balaban J connectivity index is 0.000000659. The van der Waals surface area contributed by atoms with E-state index in [1.165, 1.54) is 0 Å². The molecule has 3 N–H and O–H groups in total. The third-order valence-electron chi connectivity index (χ3n) is 4.93. The summed E-state index contributed by atoms with van der Waals surface area (Å²) in [5, 5.41) is 20.0. The molecule has 3 heterocycles. The number of nitrogens with zero attached hydrogens (tertiary/aromatic N) is 1. The Labute approximate surface area is 156 Å². The largest absolute Gasteiger partial charge is 0.483 e. The summed E-state index contributed by atoms with van der Waals surface area (Å²) in [6.45, 7) is 2.21. The molecule has 4 rings (SSSR count). The van der Waals surface area contributed by atoms with Gasteiger partial charge in [0, 0.05) is 37.2 Å². The van der Waals surface area contributed by atoms with E-state index in [1.807, 2.05) is 24.3 Å². The molecule has 8 nitrogen and oxygen atoms in total. The van der Waals surface area contributed by atoms with Gasteiger partial charge in [-0.15, -0.1) is 0 Å². The summed E-state index contributed by atoms with van der Waals surface area (Å²) in [5.41, 5.74) is 0.728. The molecule has 2 aliphatic rings. The van der Waals surface area contributed by atoms with Crippen molar-refractivity contribution < 1.29 is 29.0 Å². The number of aliphatic hydroxyl groups excluding tert-OH is 1. The number of hydrogen-bond acceptors (Lipinski definition) is 6. The van der Waals surface area contributed by atoms with Gasteiger partial charge in [0.25, 0.3) is 12.4 Å². The van der Waals surface area contributed by atoms with Crippen LogP contribution in [0.3, 0.4) is 0 Å². The van der Waals surface area contributed by atoms with Crippen LogP contribution in [-0.4, -0.2) is 72.0 Å². The number of carbonyl (C=O) groups is 2. The van der Waals surface area contributed by atoms with Gasteiger partial charge in [-0.1, -0.05) is 18.2 Å². The van der Waals surface area contributed by atoms with Crippen molar-refractivity contribution in [1.29, 1.82) is 0 Å². The smallest absolute Gasteiger partial charge is 0.290 e. The van der Waals surface area contributed by atoms with Crippen molar-refractivity contribution in [1.82, 2.24) is 10.2 Å². The van der Waals surface area contributed by atoms with Crippen molar-refractivity contribution >= 4 is 23.3 Å². The lowest BCUT2D eigenvalue weighted by atomic mass is 10.1. The lowest BCUT2D eigenvalue weighted by Crippen LogP contribution is -2.46. The molecule has 0 radical (unpaired) electrons. The van der Waals surface area contributed by atoms with Gasteiger partial charge >= 0.3 is 0 Å². The third-order valence-corrected chi connectivity index (χ3v) is 4.93. The zero-order chi connectivity index (χ0) is 19.2. The Bertz CT molecular complexity index is 743. The second-order valence-corrected chi connectivity index (χ2v) is 6.74.